The molecule has 3 rings (SSSR count). The molecule has 0 saturated carbocycles. The molecule has 0 aliphatic rings. The van der Waals surface area contributed by atoms with Crippen molar-refractivity contribution in [2.24, 2.45) is 0 Å². The van der Waals surface area contributed by atoms with Crippen molar-refractivity contribution < 1.29 is 9.53 Å². The van der Waals surface area contributed by atoms with Gasteiger partial charge < -0.3 is 4.74 Å². The van der Waals surface area contributed by atoms with E-state index in [0.717, 1.165) is 5.39 Å². The van der Waals surface area contributed by atoms with E-state index in [4.69, 9.17) is 16.3 Å². The van der Waals surface area contributed by atoms with Crippen molar-refractivity contribution in [2.75, 3.05) is 0 Å². The Bertz CT molecular complexity index is 842. The van der Waals surface area contributed by atoms with Crippen LogP contribution >= 0.6 is 11.6 Å². The Morgan fingerprint density at radius 1 is 1.22 bits per heavy atom. The Hall–Kier alpha value is -2.60. The van der Waals surface area contributed by atoms with Gasteiger partial charge in [-0.1, -0.05) is 18.5 Å². The van der Waals surface area contributed by atoms with Crippen LogP contribution < -0.4 is 4.74 Å². The molecule has 0 saturated heterocycles. The molecule has 0 spiro atoms. The van der Waals surface area contributed by atoms with Gasteiger partial charge in [0.05, 0.1) is 11.7 Å². The van der Waals surface area contributed by atoms with Crippen LogP contribution in [0.15, 0.2) is 42.9 Å². The molecular weight excluding hydrogens is 316 g/mol. The van der Waals surface area contributed by atoms with Crippen LogP contribution in [-0.2, 0) is 4.79 Å². The molecule has 0 bridgehead atoms. The second kappa shape index (κ2) is 6.66. The van der Waals surface area contributed by atoms with Gasteiger partial charge in [0.2, 0.25) is 6.10 Å². The van der Waals surface area contributed by atoms with Crippen molar-refractivity contribution >= 4 is 28.3 Å². The van der Waals surface area contributed by atoms with Gasteiger partial charge in [0.25, 0.3) is 0 Å². The lowest BCUT2D eigenvalue weighted by molar-refractivity contribution is -0.126. The fourth-order valence-electron chi connectivity index (χ4n) is 2.15. The Morgan fingerprint density at radius 2 is 2.09 bits per heavy atom. The maximum Gasteiger partial charge on any atom is 0.217 e. The minimum Gasteiger partial charge on any atom is -0.474 e. The number of pyridine rings is 1. The number of hydrogen-bond acceptors (Lipinski definition) is 6. The summed E-state index contributed by atoms with van der Waals surface area (Å²) in [5.41, 5.74) is 0.685. The average Bonchev–Trinajstić information content (AvgIpc) is 2.59. The van der Waals surface area contributed by atoms with Crippen LogP contribution in [0.5, 0.6) is 5.75 Å². The predicted molar refractivity (Wildman–Crippen MR) is 85.2 cm³/mol. The van der Waals surface area contributed by atoms with Gasteiger partial charge in [0.1, 0.15) is 5.75 Å². The van der Waals surface area contributed by atoms with E-state index in [1.165, 1.54) is 12.4 Å². The maximum absolute atomic E-state index is 12.2. The van der Waals surface area contributed by atoms with Crippen molar-refractivity contribution in [3.05, 3.63) is 53.7 Å². The fraction of sp³-hybridized carbons (Fsp3) is 0.188. The van der Waals surface area contributed by atoms with Crippen molar-refractivity contribution in [1.82, 2.24) is 20.2 Å². The Labute approximate surface area is 137 Å². The van der Waals surface area contributed by atoms with Gasteiger partial charge in [0, 0.05) is 29.2 Å². The van der Waals surface area contributed by atoms with Gasteiger partial charge >= 0.3 is 0 Å². The SMILES string of the molecule is CCC(=O)C(Oc1ccnc2cc(Cl)ccc12)c1nccnn1. The minimum atomic E-state index is -0.907. The van der Waals surface area contributed by atoms with Crippen molar-refractivity contribution in [3.8, 4) is 5.75 Å². The van der Waals surface area contributed by atoms with E-state index in [9.17, 15) is 4.79 Å². The molecule has 0 N–H and O–H groups in total. The number of carbonyl (C=O) groups excluding carboxylic acids is 1. The third-order valence-corrected chi connectivity index (χ3v) is 3.52. The molecule has 0 amide bonds. The number of halogens is 1. The molecule has 6 nitrogen and oxygen atoms in total. The third kappa shape index (κ3) is 3.27. The third-order valence-electron chi connectivity index (χ3n) is 3.29. The van der Waals surface area contributed by atoms with Gasteiger partial charge in [0.15, 0.2) is 11.6 Å². The lowest BCUT2D eigenvalue weighted by Crippen LogP contribution is -2.21. The highest BCUT2D eigenvalue weighted by molar-refractivity contribution is 6.31. The summed E-state index contributed by atoms with van der Waals surface area (Å²) in [6.07, 6.45) is 3.92. The fourth-order valence-corrected chi connectivity index (χ4v) is 2.32. The van der Waals surface area contributed by atoms with Crippen LogP contribution in [0.2, 0.25) is 5.02 Å². The van der Waals surface area contributed by atoms with Crippen molar-refractivity contribution in [2.45, 2.75) is 19.4 Å². The minimum absolute atomic E-state index is 0.128. The molecule has 23 heavy (non-hydrogen) atoms. The predicted octanol–water partition coefficient (Wildman–Crippen LogP) is 3.17. The Kier molecular flexibility index (Phi) is 4.43. The first-order valence-corrected chi connectivity index (χ1v) is 7.44. The average molecular weight is 329 g/mol. The van der Waals surface area contributed by atoms with Crippen LogP contribution in [0.1, 0.15) is 25.3 Å². The van der Waals surface area contributed by atoms with E-state index in [2.05, 4.69) is 20.2 Å². The summed E-state index contributed by atoms with van der Waals surface area (Å²) in [6.45, 7) is 1.76. The molecule has 2 aromatic heterocycles. The monoisotopic (exact) mass is 328 g/mol. The maximum atomic E-state index is 12.2. The standard InChI is InChI=1S/C16H13ClN4O2/c1-2-13(22)15(16-19-7-8-20-21-16)23-14-5-6-18-12-9-10(17)3-4-11(12)14/h3-9,15H,2H2,1H3. The largest absolute Gasteiger partial charge is 0.474 e. The second-order valence-electron chi connectivity index (χ2n) is 4.79. The number of rotatable bonds is 5. The van der Waals surface area contributed by atoms with Gasteiger partial charge in [-0.25, -0.2) is 4.98 Å². The van der Waals surface area contributed by atoms with Crippen LogP contribution in [-0.4, -0.2) is 25.9 Å². The van der Waals surface area contributed by atoms with Crippen LogP contribution in [0, 0.1) is 0 Å². The van der Waals surface area contributed by atoms with Crippen molar-refractivity contribution in [1.29, 1.82) is 0 Å². The number of ketones is 1. The molecule has 1 aromatic carbocycles. The molecule has 7 heteroatoms. The van der Waals surface area contributed by atoms with Crippen LogP contribution in [0.25, 0.3) is 10.9 Å². The normalized spacial score (nSPS) is 12.1. The molecule has 1 unspecified atom stereocenters. The van der Waals surface area contributed by atoms with Gasteiger partial charge in [-0.05, 0) is 24.3 Å². The summed E-state index contributed by atoms with van der Waals surface area (Å²) >= 11 is 5.98. The number of Topliss-reactive ketones (excluding diaryl/α,β-unsaturated/α-hetero) is 1. The summed E-state index contributed by atoms with van der Waals surface area (Å²) in [7, 11) is 0. The molecule has 3 aromatic rings. The summed E-state index contributed by atoms with van der Waals surface area (Å²) in [4.78, 5) is 20.6. The first kappa shape index (κ1) is 15.3. The topological polar surface area (TPSA) is 77.9 Å². The van der Waals surface area contributed by atoms with Gasteiger partial charge in [-0.15, -0.1) is 5.10 Å². The molecule has 2 heterocycles. The Balaban J connectivity index is 2.02. The van der Waals surface area contributed by atoms with Gasteiger partial charge in [-0.3, -0.25) is 9.78 Å². The van der Waals surface area contributed by atoms with E-state index in [0.29, 0.717) is 22.7 Å². The van der Waals surface area contributed by atoms with Crippen LogP contribution in [0.4, 0.5) is 0 Å². The number of ether oxygens (including phenoxy) is 1. The molecule has 0 aliphatic carbocycles. The number of aromatic nitrogens is 4. The number of nitrogens with zero attached hydrogens (tertiary/aromatic N) is 4. The van der Waals surface area contributed by atoms with Gasteiger partial charge in [-0.2, -0.15) is 5.10 Å². The summed E-state index contributed by atoms with van der Waals surface area (Å²) < 4.78 is 5.91. The van der Waals surface area contributed by atoms with E-state index in [-0.39, 0.29) is 11.6 Å². The highest BCUT2D eigenvalue weighted by Crippen LogP contribution is 2.29. The van der Waals surface area contributed by atoms with E-state index in [1.807, 2.05) is 0 Å². The van der Waals surface area contributed by atoms with Crippen LogP contribution in [0.3, 0.4) is 0 Å². The molecule has 0 aliphatic heterocycles. The highest BCUT2D eigenvalue weighted by atomic mass is 35.5. The second-order valence-corrected chi connectivity index (χ2v) is 5.23. The lowest BCUT2D eigenvalue weighted by Gasteiger charge is -2.16. The number of hydrogen-bond donors (Lipinski definition) is 0. The first-order valence-electron chi connectivity index (χ1n) is 7.06. The molecule has 0 radical (unpaired) electrons. The molecule has 1 atom stereocenters. The first-order chi connectivity index (χ1) is 11.2. The molecule has 116 valence electrons. The number of fused-ring (bicyclic) bond motifs is 1. The van der Waals surface area contributed by atoms with Crippen molar-refractivity contribution in [3.63, 3.8) is 0 Å². The smallest absolute Gasteiger partial charge is 0.217 e. The highest BCUT2D eigenvalue weighted by Gasteiger charge is 2.25. The zero-order valence-electron chi connectivity index (χ0n) is 12.3. The summed E-state index contributed by atoms with van der Waals surface area (Å²) in [6, 6.07) is 6.98. The quantitative estimate of drug-likeness (QED) is 0.716. The lowest BCUT2D eigenvalue weighted by atomic mass is 10.1. The van der Waals surface area contributed by atoms with E-state index < -0.39 is 6.10 Å². The summed E-state index contributed by atoms with van der Waals surface area (Å²) in [5.74, 6) is 0.626. The summed E-state index contributed by atoms with van der Waals surface area (Å²) in [5, 5.41) is 9.00. The van der Waals surface area contributed by atoms with E-state index >= 15 is 0 Å². The molecule has 0 fully saturated rings. The zero-order valence-corrected chi connectivity index (χ0v) is 13.1. The Morgan fingerprint density at radius 3 is 2.83 bits per heavy atom. The number of carbonyl (C=O) groups is 1. The molecular formula is C16H13ClN4O2. The van der Waals surface area contributed by atoms with E-state index in [1.54, 1.807) is 37.4 Å². The number of benzene rings is 1. The zero-order chi connectivity index (χ0) is 16.2.